The summed E-state index contributed by atoms with van der Waals surface area (Å²) in [6.07, 6.45) is 5.18. The molecule has 2 amide bonds. The highest BCUT2D eigenvalue weighted by Crippen LogP contribution is 2.32. The molecule has 156 valence electrons. The summed E-state index contributed by atoms with van der Waals surface area (Å²) in [5.74, 6) is -0.376. The maximum atomic E-state index is 13.1. The van der Waals surface area contributed by atoms with Crippen LogP contribution in [0.25, 0.3) is 0 Å². The number of rotatable bonds is 7. The molecule has 0 spiro atoms. The van der Waals surface area contributed by atoms with E-state index in [1.165, 1.54) is 6.42 Å². The van der Waals surface area contributed by atoms with Crippen molar-refractivity contribution in [2.24, 2.45) is 0 Å². The Hall–Kier alpha value is -2.60. The number of amides is 2. The van der Waals surface area contributed by atoms with Gasteiger partial charge in [0.05, 0.1) is 18.2 Å². The molecule has 0 aliphatic carbocycles. The third kappa shape index (κ3) is 4.88. The van der Waals surface area contributed by atoms with E-state index in [1.54, 1.807) is 17.9 Å². The summed E-state index contributed by atoms with van der Waals surface area (Å²) >= 11 is 0. The standard InChI is InChI=1S/C23H31N3O3/c1-4-13-26-19(16-25-14-7-6-8-15-25)20(22(27)29-5-2)21(24-23(26)28)18-11-9-17(3)10-12-18/h4,9-12,21H,1,5-8,13-16H2,2-3H3,(H,24,28). The van der Waals surface area contributed by atoms with E-state index in [0.29, 0.717) is 18.7 Å². The van der Waals surface area contributed by atoms with Gasteiger partial charge in [-0.25, -0.2) is 9.59 Å². The number of ether oxygens (including phenoxy) is 1. The van der Waals surface area contributed by atoms with E-state index in [-0.39, 0.29) is 18.6 Å². The predicted molar refractivity (Wildman–Crippen MR) is 113 cm³/mol. The lowest BCUT2D eigenvalue weighted by Crippen LogP contribution is -2.51. The number of carbonyl (C=O) groups excluding carboxylic acids is 2. The highest BCUT2D eigenvalue weighted by atomic mass is 16.5. The minimum Gasteiger partial charge on any atom is -0.463 e. The minimum atomic E-state index is -0.525. The minimum absolute atomic E-state index is 0.212. The van der Waals surface area contributed by atoms with E-state index >= 15 is 0 Å². The van der Waals surface area contributed by atoms with Gasteiger partial charge in [0.2, 0.25) is 0 Å². The lowest BCUT2D eigenvalue weighted by atomic mass is 9.93. The van der Waals surface area contributed by atoms with Gasteiger partial charge in [0.25, 0.3) is 0 Å². The van der Waals surface area contributed by atoms with Crippen LogP contribution in [0, 0.1) is 6.92 Å². The third-order valence-corrected chi connectivity index (χ3v) is 5.48. The zero-order chi connectivity index (χ0) is 20.8. The fourth-order valence-electron chi connectivity index (χ4n) is 3.98. The van der Waals surface area contributed by atoms with Crippen LogP contribution >= 0.6 is 0 Å². The van der Waals surface area contributed by atoms with Crippen molar-refractivity contribution < 1.29 is 14.3 Å². The number of nitrogens with zero attached hydrogens (tertiary/aromatic N) is 2. The first-order chi connectivity index (χ1) is 14.0. The number of hydrogen-bond acceptors (Lipinski definition) is 4. The number of carbonyl (C=O) groups is 2. The van der Waals surface area contributed by atoms with E-state index in [1.807, 2.05) is 31.2 Å². The van der Waals surface area contributed by atoms with Crippen molar-refractivity contribution in [3.63, 3.8) is 0 Å². The molecule has 1 aromatic carbocycles. The molecule has 1 saturated heterocycles. The van der Waals surface area contributed by atoms with Gasteiger partial charge in [0, 0.05) is 18.8 Å². The van der Waals surface area contributed by atoms with Crippen LogP contribution in [0.5, 0.6) is 0 Å². The van der Waals surface area contributed by atoms with Crippen molar-refractivity contribution in [1.82, 2.24) is 15.1 Å². The van der Waals surface area contributed by atoms with E-state index < -0.39 is 6.04 Å². The number of piperidine rings is 1. The molecule has 1 aromatic rings. The summed E-state index contributed by atoms with van der Waals surface area (Å²) in [6, 6.07) is 7.16. The number of likely N-dealkylation sites (tertiary alicyclic amines) is 1. The monoisotopic (exact) mass is 397 g/mol. The lowest BCUT2D eigenvalue weighted by molar-refractivity contribution is -0.139. The molecule has 1 fully saturated rings. The molecule has 0 radical (unpaired) electrons. The number of hydrogen-bond donors (Lipinski definition) is 1. The summed E-state index contributed by atoms with van der Waals surface area (Å²) in [4.78, 5) is 30.0. The van der Waals surface area contributed by atoms with Gasteiger partial charge in [-0.05, 0) is 45.3 Å². The first-order valence-corrected chi connectivity index (χ1v) is 10.4. The average molecular weight is 398 g/mol. The Bertz CT molecular complexity index is 779. The fourth-order valence-corrected chi connectivity index (χ4v) is 3.98. The maximum absolute atomic E-state index is 13.1. The van der Waals surface area contributed by atoms with E-state index in [4.69, 9.17) is 4.74 Å². The van der Waals surface area contributed by atoms with Crippen molar-refractivity contribution in [3.05, 3.63) is 59.3 Å². The Morgan fingerprint density at radius 3 is 2.55 bits per heavy atom. The van der Waals surface area contributed by atoms with Crippen molar-refractivity contribution >= 4 is 12.0 Å². The molecule has 1 unspecified atom stereocenters. The van der Waals surface area contributed by atoms with Crippen LogP contribution in [0.4, 0.5) is 4.79 Å². The topological polar surface area (TPSA) is 61.9 Å². The molecule has 29 heavy (non-hydrogen) atoms. The van der Waals surface area contributed by atoms with Crippen LogP contribution in [-0.4, -0.2) is 54.6 Å². The van der Waals surface area contributed by atoms with Gasteiger partial charge in [-0.15, -0.1) is 6.58 Å². The highest BCUT2D eigenvalue weighted by Gasteiger charge is 2.38. The molecule has 0 aromatic heterocycles. The number of esters is 1. The average Bonchev–Trinajstić information content (AvgIpc) is 2.72. The molecule has 6 heteroatoms. The largest absolute Gasteiger partial charge is 0.463 e. The zero-order valence-corrected chi connectivity index (χ0v) is 17.4. The Labute approximate surface area is 173 Å². The normalized spacial score (nSPS) is 20.4. The summed E-state index contributed by atoms with van der Waals surface area (Å²) in [6.45, 7) is 10.7. The third-order valence-electron chi connectivity index (χ3n) is 5.48. The molecule has 1 atom stereocenters. The molecular formula is C23H31N3O3. The highest BCUT2D eigenvalue weighted by molar-refractivity contribution is 5.95. The van der Waals surface area contributed by atoms with Gasteiger partial charge in [0.1, 0.15) is 0 Å². The van der Waals surface area contributed by atoms with Crippen molar-refractivity contribution in [1.29, 1.82) is 0 Å². The quantitative estimate of drug-likeness (QED) is 0.565. The summed E-state index contributed by atoms with van der Waals surface area (Å²) in [5.41, 5.74) is 3.24. The summed E-state index contributed by atoms with van der Waals surface area (Å²) in [7, 11) is 0. The lowest BCUT2D eigenvalue weighted by Gasteiger charge is -2.39. The number of aryl methyl sites for hydroxylation is 1. The number of urea groups is 1. The molecule has 3 rings (SSSR count). The SMILES string of the molecule is C=CCN1C(=O)NC(c2ccc(C)cc2)C(C(=O)OCC)=C1CN1CCCCC1. The van der Waals surface area contributed by atoms with Crippen molar-refractivity contribution in [3.8, 4) is 0 Å². The number of nitrogens with one attached hydrogen (secondary N) is 1. The van der Waals surface area contributed by atoms with Crippen molar-refractivity contribution in [2.45, 2.75) is 39.2 Å². The van der Waals surface area contributed by atoms with Crippen LogP contribution in [0.15, 0.2) is 48.2 Å². The van der Waals surface area contributed by atoms with Gasteiger partial charge in [-0.1, -0.05) is 42.3 Å². The van der Waals surface area contributed by atoms with Gasteiger partial charge in [-0.2, -0.15) is 0 Å². The van der Waals surface area contributed by atoms with Crippen LogP contribution in [-0.2, 0) is 9.53 Å². The summed E-state index contributed by atoms with van der Waals surface area (Å²) < 4.78 is 5.42. The Morgan fingerprint density at radius 1 is 1.24 bits per heavy atom. The molecule has 2 aliphatic heterocycles. The van der Waals surface area contributed by atoms with E-state index in [2.05, 4.69) is 16.8 Å². The summed E-state index contributed by atoms with van der Waals surface area (Å²) in [5, 5.41) is 3.01. The van der Waals surface area contributed by atoms with Gasteiger partial charge in [0.15, 0.2) is 0 Å². The Balaban J connectivity index is 2.08. The van der Waals surface area contributed by atoms with Crippen LogP contribution in [0.1, 0.15) is 43.4 Å². The smallest absolute Gasteiger partial charge is 0.338 e. The Morgan fingerprint density at radius 2 is 1.93 bits per heavy atom. The second-order valence-corrected chi connectivity index (χ2v) is 7.61. The Kier molecular flexibility index (Phi) is 7.09. The van der Waals surface area contributed by atoms with E-state index in [0.717, 1.165) is 42.8 Å². The van der Waals surface area contributed by atoms with Crippen LogP contribution in [0.3, 0.4) is 0 Å². The van der Waals surface area contributed by atoms with Crippen LogP contribution in [0.2, 0.25) is 0 Å². The molecule has 0 saturated carbocycles. The maximum Gasteiger partial charge on any atom is 0.338 e. The predicted octanol–water partition coefficient (Wildman–Crippen LogP) is 3.55. The molecule has 1 N–H and O–H groups in total. The van der Waals surface area contributed by atoms with Crippen LogP contribution < -0.4 is 5.32 Å². The first-order valence-electron chi connectivity index (χ1n) is 10.4. The zero-order valence-electron chi connectivity index (χ0n) is 17.4. The molecule has 2 aliphatic rings. The second-order valence-electron chi connectivity index (χ2n) is 7.61. The second kappa shape index (κ2) is 9.74. The van der Waals surface area contributed by atoms with E-state index in [9.17, 15) is 9.59 Å². The van der Waals surface area contributed by atoms with Crippen molar-refractivity contribution in [2.75, 3.05) is 32.8 Å². The molecule has 6 nitrogen and oxygen atoms in total. The van der Waals surface area contributed by atoms with Gasteiger partial charge >= 0.3 is 12.0 Å². The molecular weight excluding hydrogens is 366 g/mol. The molecule has 2 heterocycles. The van der Waals surface area contributed by atoms with Gasteiger partial charge in [-0.3, -0.25) is 9.80 Å². The first kappa shape index (κ1) is 21.1. The van der Waals surface area contributed by atoms with Gasteiger partial charge < -0.3 is 10.1 Å². The molecule has 0 bridgehead atoms. The number of benzene rings is 1. The fraction of sp³-hybridized carbons (Fsp3) is 0.478.